The lowest BCUT2D eigenvalue weighted by atomic mass is 10.0. The lowest BCUT2D eigenvalue weighted by Crippen LogP contribution is -2.13. The molecule has 7 nitrogen and oxygen atoms in total. The standard InChI is InChI=1S/C23H16N6O/c30-23(24-17-10-6-9-16(13-17)22-26-28-29-27-22)19-14-21(15-7-2-1-3-8-15)25-20-12-5-4-11-18(19)20/h1-14H,(H,24,30)(H,26,27,28,29). The predicted octanol–water partition coefficient (Wildman–Crippen LogP) is 4.33. The van der Waals surface area contributed by atoms with Crippen LogP contribution in [0.1, 0.15) is 10.4 Å². The van der Waals surface area contributed by atoms with Crippen molar-refractivity contribution in [2.45, 2.75) is 0 Å². The zero-order valence-electron chi connectivity index (χ0n) is 15.8. The molecule has 5 rings (SSSR count). The van der Waals surface area contributed by atoms with Crippen LogP contribution in [-0.4, -0.2) is 31.5 Å². The number of carbonyl (C=O) groups is 1. The van der Waals surface area contributed by atoms with E-state index < -0.39 is 0 Å². The van der Waals surface area contributed by atoms with Crippen molar-refractivity contribution >= 4 is 22.5 Å². The Bertz CT molecular complexity index is 1330. The lowest BCUT2D eigenvalue weighted by molar-refractivity contribution is 0.102. The van der Waals surface area contributed by atoms with Crippen LogP contribution in [-0.2, 0) is 0 Å². The molecule has 0 spiro atoms. The Morgan fingerprint density at radius 3 is 2.47 bits per heavy atom. The predicted molar refractivity (Wildman–Crippen MR) is 115 cm³/mol. The summed E-state index contributed by atoms with van der Waals surface area (Å²) in [7, 11) is 0. The number of rotatable bonds is 4. The van der Waals surface area contributed by atoms with Crippen LogP contribution < -0.4 is 5.32 Å². The molecule has 0 bridgehead atoms. The van der Waals surface area contributed by atoms with E-state index in [4.69, 9.17) is 4.98 Å². The molecule has 0 saturated heterocycles. The van der Waals surface area contributed by atoms with Gasteiger partial charge in [0, 0.05) is 22.2 Å². The number of nitrogens with one attached hydrogen (secondary N) is 2. The van der Waals surface area contributed by atoms with Gasteiger partial charge in [0.05, 0.1) is 16.8 Å². The van der Waals surface area contributed by atoms with Gasteiger partial charge in [-0.15, -0.1) is 10.2 Å². The number of amides is 1. The molecule has 2 N–H and O–H groups in total. The molecular weight excluding hydrogens is 376 g/mol. The molecule has 7 heteroatoms. The molecule has 0 aliphatic rings. The summed E-state index contributed by atoms with van der Waals surface area (Å²) < 4.78 is 0. The molecule has 0 fully saturated rings. The zero-order chi connectivity index (χ0) is 20.3. The number of pyridine rings is 1. The quantitative estimate of drug-likeness (QED) is 0.474. The van der Waals surface area contributed by atoms with Gasteiger partial charge >= 0.3 is 0 Å². The number of para-hydroxylation sites is 1. The third kappa shape index (κ3) is 3.40. The summed E-state index contributed by atoms with van der Waals surface area (Å²) in [6.07, 6.45) is 0. The molecule has 0 atom stereocenters. The number of benzene rings is 3. The van der Waals surface area contributed by atoms with Crippen molar-refractivity contribution in [1.29, 1.82) is 0 Å². The Morgan fingerprint density at radius 1 is 0.833 bits per heavy atom. The molecule has 5 aromatic rings. The summed E-state index contributed by atoms with van der Waals surface area (Å²) in [5.74, 6) is 0.253. The number of fused-ring (bicyclic) bond motifs is 1. The largest absolute Gasteiger partial charge is 0.322 e. The second kappa shape index (κ2) is 7.56. The lowest BCUT2D eigenvalue weighted by Gasteiger charge is -2.11. The van der Waals surface area contributed by atoms with Gasteiger partial charge < -0.3 is 5.32 Å². The number of aromatic amines is 1. The molecule has 0 unspecified atom stereocenters. The fourth-order valence-electron chi connectivity index (χ4n) is 3.34. The number of anilines is 1. The van der Waals surface area contributed by atoms with E-state index in [1.54, 1.807) is 0 Å². The van der Waals surface area contributed by atoms with Crippen molar-refractivity contribution in [2.75, 3.05) is 5.32 Å². The first-order valence-electron chi connectivity index (χ1n) is 9.38. The van der Waals surface area contributed by atoms with Crippen molar-refractivity contribution in [3.8, 4) is 22.6 Å². The van der Waals surface area contributed by atoms with Gasteiger partial charge in [-0.25, -0.2) is 4.98 Å². The molecule has 2 heterocycles. The summed E-state index contributed by atoms with van der Waals surface area (Å²) in [4.78, 5) is 18.0. The molecule has 144 valence electrons. The van der Waals surface area contributed by atoms with Crippen LogP contribution in [0.15, 0.2) is 84.9 Å². The Hall–Kier alpha value is -4.39. The molecule has 30 heavy (non-hydrogen) atoms. The highest BCUT2D eigenvalue weighted by Crippen LogP contribution is 2.26. The minimum atomic E-state index is -0.212. The van der Waals surface area contributed by atoms with E-state index in [0.717, 1.165) is 27.7 Å². The fourth-order valence-corrected chi connectivity index (χ4v) is 3.34. The van der Waals surface area contributed by atoms with E-state index in [2.05, 4.69) is 25.9 Å². The summed E-state index contributed by atoms with van der Waals surface area (Å²) >= 11 is 0. The number of hydrogen-bond acceptors (Lipinski definition) is 5. The third-order valence-electron chi connectivity index (χ3n) is 4.75. The SMILES string of the molecule is O=C(Nc1cccc(-c2nn[nH]n2)c1)c1cc(-c2ccccc2)nc2ccccc12. The minimum Gasteiger partial charge on any atom is -0.322 e. The zero-order valence-corrected chi connectivity index (χ0v) is 15.8. The number of aromatic nitrogens is 5. The van der Waals surface area contributed by atoms with Gasteiger partial charge in [0.2, 0.25) is 5.82 Å². The average Bonchev–Trinajstić information content (AvgIpc) is 3.34. The van der Waals surface area contributed by atoms with Gasteiger partial charge in [-0.1, -0.05) is 60.7 Å². The number of tetrazole rings is 1. The maximum Gasteiger partial charge on any atom is 0.256 e. The van der Waals surface area contributed by atoms with E-state index >= 15 is 0 Å². The van der Waals surface area contributed by atoms with Crippen LogP contribution in [0, 0.1) is 0 Å². The van der Waals surface area contributed by atoms with Crippen molar-refractivity contribution in [3.63, 3.8) is 0 Å². The fraction of sp³-hybridized carbons (Fsp3) is 0. The van der Waals surface area contributed by atoms with Gasteiger partial charge in [0.25, 0.3) is 5.91 Å². The van der Waals surface area contributed by atoms with Gasteiger partial charge in [0.15, 0.2) is 0 Å². The van der Waals surface area contributed by atoms with Gasteiger partial charge in [-0.2, -0.15) is 5.21 Å². The molecule has 2 aromatic heterocycles. The normalized spacial score (nSPS) is 10.8. The van der Waals surface area contributed by atoms with Crippen molar-refractivity contribution in [1.82, 2.24) is 25.6 Å². The average molecular weight is 392 g/mol. The number of carbonyl (C=O) groups excluding carboxylic acids is 1. The van der Waals surface area contributed by atoms with Crippen molar-refractivity contribution in [3.05, 3.63) is 90.5 Å². The van der Waals surface area contributed by atoms with E-state index in [1.807, 2.05) is 84.9 Å². The molecule has 1 amide bonds. The van der Waals surface area contributed by atoms with Crippen molar-refractivity contribution in [2.24, 2.45) is 0 Å². The Kier molecular flexibility index (Phi) is 4.46. The van der Waals surface area contributed by atoms with E-state index in [0.29, 0.717) is 17.1 Å². The molecule has 0 aliphatic heterocycles. The summed E-state index contributed by atoms with van der Waals surface area (Å²) in [5.41, 5.74) is 4.43. The maximum absolute atomic E-state index is 13.2. The van der Waals surface area contributed by atoms with Crippen LogP contribution in [0.4, 0.5) is 5.69 Å². The Labute approximate surface area is 171 Å². The van der Waals surface area contributed by atoms with Crippen LogP contribution in [0.25, 0.3) is 33.5 Å². The monoisotopic (exact) mass is 392 g/mol. The van der Waals surface area contributed by atoms with Gasteiger partial charge in [-0.3, -0.25) is 4.79 Å². The smallest absolute Gasteiger partial charge is 0.256 e. The molecule has 0 radical (unpaired) electrons. The summed E-state index contributed by atoms with van der Waals surface area (Å²) in [6, 6.07) is 26.6. The first kappa shape index (κ1) is 17.7. The number of hydrogen-bond donors (Lipinski definition) is 2. The molecule has 0 saturated carbocycles. The summed E-state index contributed by atoms with van der Waals surface area (Å²) in [6.45, 7) is 0. The van der Waals surface area contributed by atoms with E-state index in [-0.39, 0.29) is 5.91 Å². The maximum atomic E-state index is 13.2. The molecular formula is C23H16N6O. The van der Waals surface area contributed by atoms with Crippen LogP contribution in [0.3, 0.4) is 0 Å². The molecule has 3 aromatic carbocycles. The highest BCUT2D eigenvalue weighted by molar-refractivity contribution is 6.13. The van der Waals surface area contributed by atoms with Crippen LogP contribution >= 0.6 is 0 Å². The number of nitrogens with zero attached hydrogens (tertiary/aromatic N) is 4. The number of H-pyrrole nitrogens is 1. The van der Waals surface area contributed by atoms with Crippen molar-refractivity contribution < 1.29 is 4.79 Å². The van der Waals surface area contributed by atoms with Gasteiger partial charge in [-0.05, 0) is 29.5 Å². The highest BCUT2D eigenvalue weighted by atomic mass is 16.1. The second-order valence-electron chi connectivity index (χ2n) is 6.71. The van der Waals surface area contributed by atoms with Crippen LogP contribution in [0.2, 0.25) is 0 Å². The topological polar surface area (TPSA) is 96.5 Å². The minimum absolute atomic E-state index is 0.212. The summed E-state index contributed by atoms with van der Waals surface area (Å²) in [5, 5.41) is 17.7. The second-order valence-corrected chi connectivity index (χ2v) is 6.71. The third-order valence-corrected chi connectivity index (χ3v) is 4.75. The first-order valence-corrected chi connectivity index (χ1v) is 9.38. The van der Waals surface area contributed by atoms with Gasteiger partial charge in [0.1, 0.15) is 0 Å². The Morgan fingerprint density at radius 2 is 1.63 bits per heavy atom. The van der Waals surface area contributed by atoms with E-state index in [9.17, 15) is 4.79 Å². The Balaban J connectivity index is 1.54. The molecule has 0 aliphatic carbocycles. The first-order chi connectivity index (χ1) is 14.8. The van der Waals surface area contributed by atoms with E-state index in [1.165, 1.54) is 0 Å². The van der Waals surface area contributed by atoms with Crippen LogP contribution in [0.5, 0.6) is 0 Å². The highest BCUT2D eigenvalue weighted by Gasteiger charge is 2.15.